The largest absolute Gasteiger partial charge is 0.343 e. The highest BCUT2D eigenvalue weighted by Gasteiger charge is 2.09. The SMILES string of the molecule is C=C/C=C\C=C(/C=C)NC(=O)c1ccc(Nc2ncnc3[nH]c(C)cc23)cc1. The molecule has 0 saturated carbocycles. The van der Waals surface area contributed by atoms with Gasteiger partial charge in [-0.25, -0.2) is 9.97 Å². The van der Waals surface area contributed by atoms with Gasteiger partial charge in [0.15, 0.2) is 0 Å². The average molecular weight is 371 g/mol. The first-order valence-corrected chi connectivity index (χ1v) is 8.71. The molecule has 1 aromatic carbocycles. The van der Waals surface area contributed by atoms with Crippen LogP contribution >= 0.6 is 0 Å². The van der Waals surface area contributed by atoms with Crippen molar-refractivity contribution in [1.29, 1.82) is 0 Å². The van der Waals surface area contributed by atoms with Crippen LogP contribution in [-0.2, 0) is 0 Å². The van der Waals surface area contributed by atoms with Crippen molar-refractivity contribution in [3.63, 3.8) is 0 Å². The van der Waals surface area contributed by atoms with Crippen molar-refractivity contribution in [2.75, 3.05) is 5.32 Å². The molecular formula is C22H21N5O. The van der Waals surface area contributed by atoms with E-state index in [4.69, 9.17) is 0 Å². The lowest BCUT2D eigenvalue weighted by Gasteiger charge is -2.08. The second kappa shape index (κ2) is 8.64. The number of carbonyl (C=O) groups is 1. The summed E-state index contributed by atoms with van der Waals surface area (Å²) in [7, 11) is 0. The second-order valence-corrected chi connectivity index (χ2v) is 6.04. The predicted octanol–water partition coefficient (Wildman–Crippen LogP) is 4.55. The summed E-state index contributed by atoms with van der Waals surface area (Å²) in [6.45, 7) is 9.28. The highest BCUT2D eigenvalue weighted by atomic mass is 16.1. The Balaban J connectivity index is 1.73. The quantitative estimate of drug-likeness (QED) is 0.532. The summed E-state index contributed by atoms with van der Waals surface area (Å²) in [6, 6.07) is 9.15. The summed E-state index contributed by atoms with van der Waals surface area (Å²) in [5, 5.41) is 6.99. The molecule has 6 nitrogen and oxygen atoms in total. The molecule has 1 amide bonds. The van der Waals surface area contributed by atoms with Gasteiger partial charge in [-0.15, -0.1) is 0 Å². The van der Waals surface area contributed by atoms with Crippen molar-refractivity contribution < 1.29 is 4.79 Å². The van der Waals surface area contributed by atoms with E-state index in [1.807, 2.05) is 25.1 Å². The number of aryl methyl sites for hydroxylation is 1. The topological polar surface area (TPSA) is 82.7 Å². The van der Waals surface area contributed by atoms with Crippen molar-refractivity contribution in [1.82, 2.24) is 20.3 Å². The number of aromatic nitrogens is 3. The fraction of sp³-hybridized carbons (Fsp3) is 0.0455. The zero-order valence-corrected chi connectivity index (χ0v) is 15.6. The third kappa shape index (κ3) is 4.42. The molecule has 6 heteroatoms. The van der Waals surface area contributed by atoms with E-state index in [-0.39, 0.29) is 5.91 Å². The summed E-state index contributed by atoms with van der Waals surface area (Å²) in [6.07, 6.45) is 10.0. The average Bonchev–Trinajstić information content (AvgIpc) is 3.09. The zero-order chi connectivity index (χ0) is 19.9. The summed E-state index contributed by atoms with van der Waals surface area (Å²) < 4.78 is 0. The first-order valence-electron chi connectivity index (χ1n) is 8.71. The number of hydrogen-bond donors (Lipinski definition) is 3. The minimum Gasteiger partial charge on any atom is -0.343 e. The summed E-state index contributed by atoms with van der Waals surface area (Å²) in [5.74, 6) is 0.493. The molecule has 3 aromatic rings. The molecule has 0 atom stereocenters. The van der Waals surface area contributed by atoms with Gasteiger partial charge in [-0.05, 0) is 49.4 Å². The molecular weight excluding hydrogens is 350 g/mol. The summed E-state index contributed by atoms with van der Waals surface area (Å²) in [5.41, 5.74) is 3.76. The first-order chi connectivity index (χ1) is 13.6. The van der Waals surface area contributed by atoms with E-state index < -0.39 is 0 Å². The molecule has 2 aromatic heterocycles. The van der Waals surface area contributed by atoms with Gasteiger partial charge in [0, 0.05) is 22.6 Å². The van der Waals surface area contributed by atoms with Crippen LogP contribution in [0.5, 0.6) is 0 Å². The Morgan fingerprint density at radius 1 is 1.14 bits per heavy atom. The molecule has 3 rings (SSSR count). The van der Waals surface area contributed by atoms with E-state index >= 15 is 0 Å². The number of fused-ring (bicyclic) bond motifs is 1. The fourth-order valence-corrected chi connectivity index (χ4v) is 2.61. The van der Waals surface area contributed by atoms with E-state index in [0.717, 1.165) is 22.4 Å². The standard InChI is InChI=1S/C22H21N5O/c1-4-6-7-8-17(5-2)27-22(28)16-9-11-18(12-10-16)26-21-19-13-15(3)25-20(19)23-14-24-21/h4-14H,1-2H2,3H3,(H,27,28)(H2,23,24,25,26)/b7-6-,17-8+. The lowest BCUT2D eigenvalue weighted by Crippen LogP contribution is -2.21. The molecule has 0 unspecified atom stereocenters. The number of hydrogen-bond acceptors (Lipinski definition) is 4. The van der Waals surface area contributed by atoms with Crippen molar-refractivity contribution in [2.45, 2.75) is 6.92 Å². The van der Waals surface area contributed by atoms with Gasteiger partial charge in [-0.1, -0.05) is 31.4 Å². The van der Waals surface area contributed by atoms with Crippen molar-refractivity contribution >= 4 is 28.4 Å². The molecule has 28 heavy (non-hydrogen) atoms. The molecule has 0 fully saturated rings. The highest BCUT2D eigenvalue weighted by Crippen LogP contribution is 2.23. The first kappa shape index (κ1) is 18.8. The lowest BCUT2D eigenvalue weighted by molar-refractivity contribution is 0.0967. The number of nitrogens with one attached hydrogen (secondary N) is 3. The molecule has 140 valence electrons. The molecule has 0 aliphatic rings. The number of anilines is 2. The molecule has 0 aliphatic heterocycles. The maximum Gasteiger partial charge on any atom is 0.255 e. The summed E-state index contributed by atoms with van der Waals surface area (Å²) in [4.78, 5) is 24.1. The van der Waals surface area contributed by atoms with Gasteiger partial charge in [-0.2, -0.15) is 0 Å². The highest BCUT2D eigenvalue weighted by molar-refractivity contribution is 5.96. The van der Waals surface area contributed by atoms with Gasteiger partial charge in [0.2, 0.25) is 0 Å². The number of carbonyl (C=O) groups excluding carboxylic acids is 1. The van der Waals surface area contributed by atoms with Gasteiger partial charge >= 0.3 is 0 Å². The molecule has 2 heterocycles. The number of benzene rings is 1. The van der Waals surface area contributed by atoms with E-state index in [2.05, 4.69) is 38.7 Å². The number of rotatable bonds is 7. The normalized spacial score (nSPS) is 11.5. The maximum atomic E-state index is 12.4. The molecule has 3 N–H and O–H groups in total. The number of allylic oxidation sites excluding steroid dienone is 5. The Kier molecular flexibility index (Phi) is 5.81. The lowest BCUT2D eigenvalue weighted by atomic mass is 10.2. The van der Waals surface area contributed by atoms with Gasteiger partial charge in [0.1, 0.15) is 17.8 Å². The molecule has 0 radical (unpaired) electrons. The van der Waals surface area contributed by atoms with Crippen LogP contribution in [0.4, 0.5) is 11.5 Å². The number of amides is 1. The summed E-state index contributed by atoms with van der Waals surface area (Å²) >= 11 is 0. The molecule has 0 spiro atoms. The smallest absolute Gasteiger partial charge is 0.255 e. The third-order valence-corrected chi connectivity index (χ3v) is 3.97. The Labute approximate surface area is 163 Å². The van der Waals surface area contributed by atoms with E-state index in [9.17, 15) is 4.79 Å². The minimum absolute atomic E-state index is 0.213. The Hall–Kier alpha value is -3.93. The van der Waals surface area contributed by atoms with Crippen LogP contribution in [0.1, 0.15) is 16.1 Å². The maximum absolute atomic E-state index is 12.4. The van der Waals surface area contributed by atoms with Crippen LogP contribution in [0.2, 0.25) is 0 Å². The number of H-pyrrole nitrogens is 1. The van der Waals surface area contributed by atoms with E-state index in [1.54, 1.807) is 42.5 Å². The third-order valence-electron chi connectivity index (χ3n) is 3.97. The van der Waals surface area contributed by atoms with Crippen molar-refractivity contribution in [3.05, 3.63) is 97.2 Å². The minimum atomic E-state index is -0.213. The Bertz CT molecular complexity index is 1070. The number of nitrogens with zero attached hydrogens (tertiary/aromatic N) is 2. The van der Waals surface area contributed by atoms with Crippen molar-refractivity contribution in [3.8, 4) is 0 Å². The molecule has 0 saturated heterocycles. The van der Waals surface area contributed by atoms with Crippen LogP contribution in [0.15, 0.2) is 85.9 Å². The Morgan fingerprint density at radius 2 is 1.93 bits per heavy atom. The van der Waals surface area contributed by atoms with E-state index in [1.165, 1.54) is 6.33 Å². The fourth-order valence-electron chi connectivity index (χ4n) is 2.61. The second-order valence-electron chi connectivity index (χ2n) is 6.04. The van der Waals surface area contributed by atoms with Gasteiger partial charge in [0.25, 0.3) is 5.91 Å². The molecule has 0 bridgehead atoms. The van der Waals surface area contributed by atoms with Crippen LogP contribution in [0, 0.1) is 6.92 Å². The predicted molar refractivity (Wildman–Crippen MR) is 113 cm³/mol. The van der Waals surface area contributed by atoms with Crippen LogP contribution in [0.3, 0.4) is 0 Å². The van der Waals surface area contributed by atoms with Crippen LogP contribution in [0.25, 0.3) is 11.0 Å². The van der Waals surface area contributed by atoms with Gasteiger partial charge in [0.05, 0.1) is 5.39 Å². The van der Waals surface area contributed by atoms with Crippen LogP contribution < -0.4 is 10.6 Å². The number of aromatic amines is 1. The zero-order valence-electron chi connectivity index (χ0n) is 15.6. The van der Waals surface area contributed by atoms with Gasteiger partial charge in [-0.3, -0.25) is 4.79 Å². The van der Waals surface area contributed by atoms with Crippen molar-refractivity contribution in [2.24, 2.45) is 0 Å². The van der Waals surface area contributed by atoms with Gasteiger partial charge < -0.3 is 15.6 Å². The van der Waals surface area contributed by atoms with E-state index in [0.29, 0.717) is 17.1 Å². The molecule has 0 aliphatic carbocycles. The monoisotopic (exact) mass is 371 g/mol. The van der Waals surface area contributed by atoms with Crippen LogP contribution in [-0.4, -0.2) is 20.9 Å². The Morgan fingerprint density at radius 3 is 2.64 bits per heavy atom.